The van der Waals surface area contributed by atoms with Crippen LogP contribution in [0, 0.1) is 0 Å². The molecule has 6 rings (SSSR count). The lowest BCUT2D eigenvalue weighted by Crippen LogP contribution is -2.20. The van der Waals surface area contributed by atoms with Crippen LogP contribution in [0.2, 0.25) is 0 Å². The molecule has 200 valence electrons. The Balaban J connectivity index is 1.01. The SMILES string of the molecule is Cn1cc(-c2cc3ncnc(NCCc4cnc(NC(=O)Nc5cccc(CN6CCCC6)c5)s4)c3s2)cn1. The lowest BCUT2D eigenvalue weighted by atomic mass is 10.2. The fourth-order valence-corrected chi connectivity index (χ4v) is 6.52. The van der Waals surface area contributed by atoms with Crippen molar-refractivity contribution in [2.45, 2.75) is 25.8 Å². The first kappa shape index (κ1) is 25.4. The third-order valence-electron chi connectivity index (χ3n) is 6.53. The highest BCUT2D eigenvalue weighted by molar-refractivity contribution is 7.22. The number of likely N-dealkylation sites (tertiary alicyclic amines) is 1. The molecule has 5 aromatic rings. The van der Waals surface area contributed by atoms with Crippen LogP contribution >= 0.6 is 22.7 Å². The third kappa shape index (κ3) is 6.24. The van der Waals surface area contributed by atoms with Crippen LogP contribution in [-0.2, 0) is 20.0 Å². The highest BCUT2D eigenvalue weighted by atomic mass is 32.1. The van der Waals surface area contributed by atoms with Crippen molar-refractivity contribution in [3.8, 4) is 10.4 Å². The molecule has 1 aliphatic rings. The van der Waals surface area contributed by atoms with Crippen molar-refractivity contribution >= 4 is 55.6 Å². The number of nitrogens with one attached hydrogen (secondary N) is 3. The van der Waals surface area contributed by atoms with Crippen LogP contribution in [0.15, 0.2) is 55.2 Å². The van der Waals surface area contributed by atoms with Gasteiger partial charge in [0.15, 0.2) is 5.13 Å². The number of benzene rings is 1. The van der Waals surface area contributed by atoms with Crippen molar-refractivity contribution in [3.05, 3.63) is 65.7 Å². The molecule has 10 nitrogen and oxygen atoms in total. The Bertz CT molecular complexity index is 1580. The zero-order chi connectivity index (χ0) is 26.6. The van der Waals surface area contributed by atoms with Gasteiger partial charge in [0.25, 0.3) is 0 Å². The Kier molecular flexibility index (Phi) is 7.48. The van der Waals surface area contributed by atoms with Crippen LogP contribution in [0.1, 0.15) is 23.3 Å². The van der Waals surface area contributed by atoms with E-state index in [9.17, 15) is 4.79 Å². The van der Waals surface area contributed by atoms with Gasteiger partial charge in [-0.2, -0.15) is 5.10 Å². The summed E-state index contributed by atoms with van der Waals surface area (Å²) in [6, 6.07) is 9.81. The average Bonchev–Trinajstić information content (AvgIpc) is 3.72. The number of aryl methyl sites for hydroxylation is 1. The number of carbonyl (C=O) groups excluding carboxylic acids is 1. The fraction of sp³-hybridized carbons (Fsp3) is 0.296. The molecule has 0 aliphatic carbocycles. The number of thiophene rings is 1. The minimum Gasteiger partial charge on any atom is -0.368 e. The Morgan fingerprint density at radius 1 is 1.05 bits per heavy atom. The number of hydrogen-bond donors (Lipinski definition) is 3. The summed E-state index contributed by atoms with van der Waals surface area (Å²) in [7, 11) is 1.91. The molecule has 0 spiro atoms. The first-order valence-electron chi connectivity index (χ1n) is 12.9. The number of carbonyl (C=O) groups is 1. The van der Waals surface area contributed by atoms with E-state index in [-0.39, 0.29) is 6.03 Å². The molecule has 12 heteroatoms. The van der Waals surface area contributed by atoms with Gasteiger partial charge in [-0.1, -0.05) is 12.1 Å². The van der Waals surface area contributed by atoms with Gasteiger partial charge in [0.1, 0.15) is 12.1 Å². The van der Waals surface area contributed by atoms with Gasteiger partial charge >= 0.3 is 6.03 Å². The summed E-state index contributed by atoms with van der Waals surface area (Å²) in [5, 5.41) is 14.1. The van der Waals surface area contributed by atoms with Crippen molar-refractivity contribution in [1.29, 1.82) is 0 Å². The maximum Gasteiger partial charge on any atom is 0.325 e. The molecule has 0 radical (unpaired) electrons. The Hall–Kier alpha value is -3.87. The molecule has 1 aromatic carbocycles. The molecule has 5 heterocycles. The van der Waals surface area contributed by atoms with Crippen molar-refractivity contribution in [2.75, 3.05) is 35.6 Å². The largest absolute Gasteiger partial charge is 0.368 e. The van der Waals surface area contributed by atoms with E-state index in [1.54, 1.807) is 28.5 Å². The van der Waals surface area contributed by atoms with E-state index in [4.69, 9.17) is 0 Å². The number of aromatic nitrogens is 5. The number of hydrogen-bond acceptors (Lipinski definition) is 9. The zero-order valence-corrected chi connectivity index (χ0v) is 23.2. The van der Waals surface area contributed by atoms with E-state index in [0.717, 1.165) is 63.1 Å². The number of amides is 2. The molecule has 0 bridgehead atoms. The molecule has 1 fully saturated rings. The maximum atomic E-state index is 12.6. The molecule has 1 saturated heterocycles. The Morgan fingerprint density at radius 3 is 2.79 bits per heavy atom. The predicted octanol–water partition coefficient (Wildman–Crippen LogP) is 5.44. The standard InChI is InChI=1S/C27H29N9OS2/c1-35-16-19(13-32-35)23-12-22-24(39-23)25(31-17-30-22)28-8-7-21-14-29-27(38-21)34-26(37)33-20-6-4-5-18(11-20)15-36-9-2-3-10-36/h4-6,11-14,16-17H,2-3,7-10,15H2,1H3,(H,28,30,31)(H2,29,33,34,37). The van der Waals surface area contributed by atoms with E-state index in [1.807, 2.05) is 37.6 Å². The zero-order valence-electron chi connectivity index (χ0n) is 21.6. The summed E-state index contributed by atoms with van der Waals surface area (Å²) < 4.78 is 2.81. The minimum absolute atomic E-state index is 0.294. The Morgan fingerprint density at radius 2 is 1.95 bits per heavy atom. The van der Waals surface area contributed by atoms with Crippen LogP contribution in [0.25, 0.3) is 20.7 Å². The molecule has 4 aromatic heterocycles. The van der Waals surface area contributed by atoms with E-state index in [1.165, 1.54) is 29.7 Å². The third-order valence-corrected chi connectivity index (χ3v) is 8.68. The molecule has 0 saturated carbocycles. The number of fused-ring (bicyclic) bond motifs is 1. The van der Waals surface area contributed by atoms with E-state index in [0.29, 0.717) is 11.7 Å². The van der Waals surface area contributed by atoms with E-state index < -0.39 is 0 Å². The van der Waals surface area contributed by atoms with Crippen LogP contribution in [0.4, 0.5) is 21.4 Å². The predicted molar refractivity (Wildman–Crippen MR) is 158 cm³/mol. The topological polar surface area (TPSA) is 113 Å². The van der Waals surface area contributed by atoms with Crippen LogP contribution in [0.3, 0.4) is 0 Å². The average molecular weight is 560 g/mol. The van der Waals surface area contributed by atoms with Gasteiger partial charge in [0.05, 0.1) is 16.4 Å². The highest BCUT2D eigenvalue weighted by Gasteiger charge is 2.14. The second-order valence-electron chi connectivity index (χ2n) is 9.52. The monoisotopic (exact) mass is 559 g/mol. The number of urea groups is 1. The molecule has 1 aliphatic heterocycles. The molecule has 39 heavy (non-hydrogen) atoms. The molecule has 3 N–H and O–H groups in total. The smallest absolute Gasteiger partial charge is 0.325 e. The summed E-state index contributed by atoms with van der Waals surface area (Å²) in [4.78, 5) is 30.5. The summed E-state index contributed by atoms with van der Waals surface area (Å²) >= 11 is 3.12. The molecule has 0 atom stereocenters. The highest BCUT2D eigenvalue weighted by Crippen LogP contribution is 2.35. The van der Waals surface area contributed by atoms with Gasteiger partial charge in [-0.25, -0.2) is 19.7 Å². The van der Waals surface area contributed by atoms with Gasteiger partial charge in [0, 0.05) is 60.0 Å². The van der Waals surface area contributed by atoms with Gasteiger partial charge in [-0.3, -0.25) is 14.9 Å². The van der Waals surface area contributed by atoms with Crippen molar-refractivity contribution in [3.63, 3.8) is 0 Å². The second kappa shape index (κ2) is 11.5. The molecule has 0 unspecified atom stereocenters. The van der Waals surface area contributed by atoms with Crippen molar-refractivity contribution in [1.82, 2.24) is 29.6 Å². The van der Waals surface area contributed by atoms with Crippen LogP contribution in [-0.4, -0.2) is 55.3 Å². The van der Waals surface area contributed by atoms with Crippen LogP contribution < -0.4 is 16.0 Å². The van der Waals surface area contributed by atoms with Gasteiger partial charge in [0.2, 0.25) is 0 Å². The van der Waals surface area contributed by atoms with Crippen molar-refractivity contribution in [2.24, 2.45) is 7.05 Å². The van der Waals surface area contributed by atoms with Gasteiger partial charge < -0.3 is 10.6 Å². The Labute approximate surface area is 234 Å². The van der Waals surface area contributed by atoms with Crippen molar-refractivity contribution < 1.29 is 4.79 Å². The summed E-state index contributed by atoms with van der Waals surface area (Å²) in [6.07, 6.45) is 10.5. The lowest BCUT2D eigenvalue weighted by molar-refractivity contribution is 0.262. The lowest BCUT2D eigenvalue weighted by Gasteiger charge is -2.15. The molecular weight excluding hydrogens is 530 g/mol. The number of rotatable bonds is 9. The quantitative estimate of drug-likeness (QED) is 0.220. The number of thiazole rings is 1. The van der Waals surface area contributed by atoms with E-state index >= 15 is 0 Å². The first-order valence-corrected chi connectivity index (χ1v) is 14.5. The summed E-state index contributed by atoms with van der Waals surface area (Å²) in [6.45, 7) is 3.89. The van der Waals surface area contributed by atoms with Gasteiger partial charge in [-0.05, 0) is 49.7 Å². The summed E-state index contributed by atoms with van der Waals surface area (Å²) in [5.41, 5.74) is 3.96. The van der Waals surface area contributed by atoms with Gasteiger partial charge in [-0.15, -0.1) is 22.7 Å². The first-order chi connectivity index (χ1) is 19.1. The fourth-order valence-electron chi connectivity index (χ4n) is 4.66. The number of anilines is 3. The second-order valence-corrected chi connectivity index (χ2v) is 11.7. The maximum absolute atomic E-state index is 12.6. The van der Waals surface area contributed by atoms with E-state index in [2.05, 4.69) is 53.0 Å². The molecular formula is C27H29N9OS2. The molecule has 2 amide bonds. The normalized spacial score (nSPS) is 13.7. The summed E-state index contributed by atoms with van der Waals surface area (Å²) in [5.74, 6) is 0.814. The minimum atomic E-state index is -0.294. The number of nitrogens with zero attached hydrogens (tertiary/aromatic N) is 6. The van der Waals surface area contributed by atoms with Crippen LogP contribution in [0.5, 0.6) is 0 Å².